The Hall–Kier alpha value is -4.76. The van der Waals surface area contributed by atoms with E-state index >= 15 is 0 Å². The van der Waals surface area contributed by atoms with Gasteiger partial charge in [-0.1, -0.05) is 5.11 Å². The highest BCUT2D eigenvalue weighted by Crippen LogP contribution is 2.42. The third kappa shape index (κ3) is 10.7. The van der Waals surface area contributed by atoms with Crippen molar-refractivity contribution in [2.45, 2.75) is 121 Å². The van der Waals surface area contributed by atoms with Crippen LogP contribution in [0.4, 0.5) is 0 Å². The number of hydrogen-bond acceptors (Lipinski definition) is 19. The molecule has 1 aromatic rings. The summed E-state index contributed by atoms with van der Waals surface area (Å²) in [7, 11) is 2.51. The molecule has 21 heteroatoms. The second-order valence-electron chi connectivity index (χ2n) is 13.1. The highest BCUT2D eigenvalue weighted by atomic mass is 16.8. The smallest absolute Gasteiger partial charge is 0.366 e. The van der Waals surface area contributed by atoms with Gasteiger partial charge in [0.25, 0.3) is 5.79 Å². The number of nitrogens with zero attached hydrogens (tertiary/aromatic N) is 3. The first kappa shape index (κ1) is 43.0. The summed E-state index contributed by atoms with van der Waals surface area (Å²) >= 11 is 0. The first-order chi connectivity index (χ1) is 25.9. The van der Waals surface area contributed by atoms with Crippen LogP contribution in [-0.2, 0) is 71.3 Å². The van der Waals surface area contributed by atoms with E-state index in [2.05, 4.69) is 10.0 Å². The molecule has 1 aromatic carbocycles. The largest absolute Gasteiger partial charge is 0.497 e. The first-order valence-electron chi connectivity index (χ1n) is 17.0. The number of fused-ring (bicyclic) bond motifs is 1. The lowest BCUT2D eigenvalue weighted by atomic mass is 9.88. The minimum absolute atomic E-state index is 0.298. The fraction of sp³-hybridized carbons (Fsp3) is 0.676. The zero-order valence-electron chi connectivity index (χ0n) is 31.4. The maximum atomic E-state index is 13.8. The molecule has 1 N–H and O–H groups in total. The Morgan fingerprint density at radius 3 is 2.13 bits per heavy atom. The summed E-state index contributed by atoms with van der Waals surface area (Å²) in [5.74, 6) is -7.67. The molecule has 21 nitrogen and oxygen atoms in total. The van der Waals surface area contributed by atoms with Gasteiger partial charge in [0.2, 0.25) is 6.29 Å². The third-order valence-electron chi connectivity index (χ3n) is 8.52. The van der Waals surface area contributed by atoms with Gasteiger partial charge in [0.05, 0.1) is 27.2 Å². The highest BCUT2D eigenvalue weighted by molar-refractivity contribution is 5.78. The molecule has 3 aliphatic rings. The number of ether oxygens (including phenoxy) is 12. The van der Waals surface area contributed by atoms with E-state index in [1.54, 1.807) is 38.1 Å². The zero-order chi connectivity index (χ0) is 40.7. The molecule has 0 spiro atoms. The summed E-state index contributed by atoms with van der Waals surface area (Å²) in [6.07, 6.45) is -13.4. The number of hydrogen-bond donors (Lipinski definition) is 1. The fourth-order valence-corrected chi connectivity index (χ4v) is 6.40. The lowest BCUT2D eigenvalue weighted by Gasteiger charge is -2.48. The van der Waals surface area contributed by atoms with Crippen LogP contribution in [0.2, 0.25) is 0 Å². The minimum atomic E-state index is -2.56. The van der Waals surface area contributed by atoms with Crippen LogP contribution >= 0.6 is 0 Å². The molecule has 4 rings (SSSR count). The number of aliphatic hydroxyl groups is 1. The molecule has 0 aromatic heterocycles. The molecular weight excluding hydrogens is 738 g/mol. The maximum absolute atomic E-state index is 13.8. The van der Waals surface area contributed by atoms with E-state index in [9.17, 15) is 34.6 Å². The summed E-state index contributed by atoms with van der Waals surface area (Å²) in [4.78, 5) is 65.5. The first-order valence-corrected chi connectivity index (χ1v) is 17.0. The highest BCUT2D eigenvalue weighted by Gasteiger charge is 2.61. The number of rotatable bonds is 15. The predicted octanol–water partition coefficient (Wildman–Crippen LogP) is 1.39. The quantitative estimate of drug-likeness (QED) is 0.0866. The Morgan fingerprint density at radius 2 is 1.56 bits per heavy atom. The number of aliphatic hydroxyl groups excluding tert-OH is 1. The summed E-state index contributed by atoms with van der Waals surface area (Å²) in [6, 6.07) is 4.87. The van der Waals surface area contributed by atoms with E-state index in [-0.39, 0.29) is 0 Å². The molecule has 0 aliphatic carbocycles. The Kier molecular flexibility index (Phi) is 14.3. The van der Waals surface area contributed by atoms with E-state index in [1.165, 1.54) is 7.11 Å². The normalized spacial score (nSPS) is 30.6. The molecule has 3 fully saturated rings. The molecular formula is C34H45N3O18. The Labute approximate surface area is 315 Å². The minimum Gasteiger partial charge on any atom is -0.497 e. The number of benzene rings is 1. The summed E-state index contributed by atoms with van der Waals surface area (Å²) in [5.41, 5.74) is 9.57. The van der Waals surface area contributed by atoms with Crippen LogP contribution in [0, 0.1) is 0 Å². The maximum Gasteiger partial charge on any atom is 0.366 e. The van der Waals surface area contributed by atoms with Crippen molar-refractivity contribution < 1.29 is 85.9 Å². The average Bonchev–Trinajstić information content (AvgIpc) is 3.45. The Bertz CT molecular complexity index is 1600. The van der Waals surface area contributed by atoms with Gasteiger partial charge in [-0.25, -0.2) is 4.79 Å². The van der Waals surface area contributed by atoms with Crippen molar-refractivity contribution in [3.05, 3.63) is 34.7 Å². The topological polar surface area (TPSA) is 265 Å². The van der Waals surface area contributed by atoms with Crippen molar-refractivity contribution in [2.24, 2.45) is 5.11 Å². The van der Waals surface area contributed by atoms with E-state index in [1.807, 2.05) is 0 Å². The van der Waals surface area contributed by atoms with Gasteiger partial charge in [-0.3, -0.25) is 19.2 Å². The van der Waals surface area contributed by atoms with Gasteiger partial charge in [-0.05, 0) is 43.6 Å². The van der Waals surface area contributed by atoms with E-state index in [4.69, 9.17) is 56.8 Å². The molecule has 0 unspecified atom stereocenters. The molecule has 3 saturated heterocycles. The molecule has 0 saturated carbocycles. The van der Waals surface area contributed by atoms with Crippen LogP contribution in [-0.4, -0.2) is 135 Å². The average molecular weight is 784 g/mol. The predicted molar refractivity (Wildman–Crippen MR) is 179 cm³/mol. The lowest BCUT2D eigenvalue weighted by molar-refractivity contribution is -0.328. The van der Waals surface area contributed by atoms with Crippen LogP contribution < -0.4 is 9.47 Å². The van der Waals surface area contributed by atoms with Gasteiger partial charge >= 0.3 is 29.8 Å². The summed E-state index contributed by atoms with van der Waals surface area (Å²) in [6.45, 7) is 6.12. The summed E-state index contributed by atoms with van der Waals surface area (Å²) < 4.78 is 68.4. The van der Waals surface area contributed by atoms with E-state index in [0.717, 1.165) is 34.8 Å². The van der Waals surface area contributed by atoms with Crippen molar-refractivity contribution >= 4 is 29.8 Å². The van der Waals surface area contributed by atoms with Crippen molar-refractivity contribution in [3.8, 4) is 11.5 Å². The van der Waals surface area contributed by atoms with Crippen LogP contribution in [0.1, 0.15) is 48.0 Å². The number of azide groups is 1. The lowest BCUT2D eigenvalue weighted by Crippen LogP contribution is -2.66. The van der Waals surface area contributed by atoms with Gasteiger partial charge < -0.3 is 61.9 Å². The standard InChI is InChI=1S/C34H45N3O18/c1-16(38)46-14-23(49-18(3)40)27(50-19(4)41)29-25(36-37-35)22(48-17(2)39)13-34(55-29,32(43)45-8)47-15-24-28-30(54-33(5,6)53-28)26(42)31(52-24)51-21-11-9-20(44-7)10-12-21/h9-12,22-31,42H,13-15H2,1-8H3/t22-,23+,24+,25+,26+,27+,28-,29+,30+,31+,34+/m0/s1. The van der Waals surface area contributed by atoms with Crippen molar-refractivity contribution in [2.75, 3.05) is 27.4 Å². The fourth-order valence-electron chi connectivity index (χ4n) is 6.40. The number of carbonyl (C=O) groups is 5. The summed E-state index contributed by atoms with van der Waals surface area (Å²) in [5, 5.41) is 15.0. The SMILES string of the molecule is COC(=O)[C@@]1(OC[C@H]2O[C@@H](Oc3ccc(OC)cc3)[C@H](O)[C@H]3OC(C)(C)O[C@H]32)C[C@H](OC(C)=O)[C@@H](N=[N+]=[N-])[C@H]([C@H](OC(C)=O)[C@@H](COC(C)=O)OC(C)=O)O1. The van der Waals surface area contributed by atoms with Crippen LogP contribution in [0.25, 0.3) is 10.4 Å². The molecule has 55 heavy (non-hydrogen) atoms. The van der Waals surface area contributed by atoms with Crippen molar-refractivity contribution in [1.29, 1.82) is 0 Å². The Balaban J connectivity index is 1.76. The van der Waals surface area contributed by atoms with Crippen LogP contribution in [0.3, 0.4) is 0 Å². The van der Waals surface area contributed by atoms with E-state index < -0.39 is 122 Å². The number of esters is 5. The second-order valence-corrected chi connectivity index (χ2v) is 13.1. The third-order valence-corrected chi connectivity index (χ3v) is 8.52. The van der Waals surface area contributed by atoms with Crippen LogP contribution in [0.15, 0.2) is 29.4 Å². The number of carbonyl (C=O) groups excluding carboxylic acids is 5. The molecule has 0 amide bonds. The second kappa shape index (κ2) is 18.2. The monoisotopic (exact) mass is 783 g/mol. The molecule has 304 valence electrons. The van der Waals surface area contributed by atoms with Gasteiger partial charge in [0.15, 0.2) is 18.0 Å². The Morgan fingerprint density at radius 1 is 0.927 bits per heavy atom. The molecule has 0 bridgehead atoms. The van der Waals surface area contributed by atoms with Crippen LogP contribution in [0.5, 0.6) is 11.5 Å². The van der Waals surface area contributed by atoms with E-state index in [0.29, 0.717) is 11.5 Å². The molecule has 3 aliphatic heterocycles. The van der Waals surface area contributed by atoms with Gasteiger partial charge in [-0.2, -0.15) is 0 Å². The molecule has 3 heterocycles. The van der Waals surface area contributed by atoms with Crippen molar-refractivity contribution in [3.63, 3.8) is 0 Å². The van der Waals surface area contributed by atoms with Crippen molar-refractivity contribution in [1.82, 2.24) is 0 Å². The molecule has 11 atom stereocenters. The van der Waals surface area contributed by atoms with Gasteiger partial charge in [0, 0.05) is 32.6 Å². The van der Waals surface area contributed by atoms with Gasteiger partial charge in [0.1, 0.15) is 60.8 Å². The van der Waals surface area contributed by atoms with Gasteiger partial charge in [-0.15, -0.1) is 0 Å². The number of methoxy groups -OCH3 is 2. The zero-order valence-corrected chi connectivity index (χ0v) is 31.4. The molecule has 0 radical (unpaired) electrons.